The number of amides is 1. The van der Waals surface area contributed by atoms with Crippen molar-refractivity contribution in [3.8, 4) is 0 Å². The van der Waals surface area contributed by atoms with Gasteiger partial charge < -0.3 is 5.32 Å². The molecule has 0 saturated carbocycles. The van der Waals surface area contributed by atoms with Crippen molar-refractivity contribution in [2.24, 2.45) is 0 Å². The van der Waals surface area contributed by atoms with Gasteiger partial charge in [-0.3, -0.25) is 9.10 Å². The van der Waals surface area contributed by atoms with Gasteiger partial charge in [0.15, 0.2) is 0 Å². The summed E-state index contributed by atoms with van der Waals surface area (Å²) in [6.07, 6.45) is 1.04. The van der Waals surface area contributed by atoms with Crippen LogP contribution in [0.1, 0.15) is 11.1 Å². The maximum atomic E-state index is 12.9. The van der Waals surface area contributed by atoms with E-state index in [0.717, 1.165) is 10.6 Å². The lowest BCUT2D eigenvalue weighted by atomic mass is 10.2. The van der Waals surface area contributed by atoms with E-state index in [0.29, 0.717) is 21.8 Å². The number of rotatable bonds is 6. The lowest BCUT2D eigenvalue weighted by Crippen LogP contribution is -2.40. The molecule has 25 heavy (non-hydrogen) atoms. The zero-order chi connectivity index (χ0) is 18.6. The number of nitrogens with one attached hydrogen (secondary N) is 1. The second-order valence-corrected chi connectivity index (χ2v) is 7.95. The van der Waals surface area contributed by atoms with Crippen molar-refractivity contribution >= 4 is 33.2 Å². The largest absolute Gasteiger partial charge is 0.350 e. The normalized spacial score (nSPS) is 11.2. The topological polar surface area (TPSA) is 66.5 Å². The molecule has 0 atom stereocenters. The minimum Gasteiger partial charge on any atom is -0.350 e. The minimum absolute atomic E-state index is 0.177. The number of anilines is 1. The van der Waals surface area contributed by atoms with Crippen LogP contribution in [0.25, 0.3) is 0 Å². The molecule has 0 unspecified atom stereocenters. The molecule has 2 aromatic carbocycles. The fourth-order valence-electron chi connectivity index (χ4n) is 2.27. The SMILES string of the molecule is Cc1cc(Cl)ccc1N(CC(=O)NCc1ccc(F)cc1)S(C)(=O)=O. The van der Waals surface area contributed by atoms with Crippen LogP contribution in [0, 0.1) is 12.7 Å². The summed E-state index contributed by atoms with van der Waals surface area (Å²) in [4.78, 5) is 12.2. The van der Waals surface area contributed by atoms with Gasteiger partial charge in [0.1, 0.15) is 12.4 Å². The van der Waals surface area contributed by atoms with Crippen LogP contribution in [0.3, 0.4) is 0 Å². The molecule has 0 aromatic heterocycles. The van der Waals surface area contributed by atoms with Crippen molar-refractivity contribution in [2.75, 3.05) is 17.1 Å². The van der Waals surface area contributed by atoms with Crippen LogP contribution >= 0.6 is 11.6 Å². The number of aryl methyl sites for hydroxylation is 1. The molecule has 0 aliphatic rings. The average molecular weight is 385 g/mol. The summed E-state index contributed by atoms with van der Waals surface area (Å²) in [5, 5.41) is 3.11. The smallest absolute Gasteiger partial charge is 0.241 e. The van der Waals surface area contributed by atoms with Crippen LogP contribution in [-0.4, -0.2) is 27.1 Å². The van der Waals surface area contributed by atoms with E-state index in [-0.39, 0.29) is 18.9 Å². The van der Waals surface area contributed by atoms with Crippen molar-refractivity contribution in [2.45, 2.75) is 13.5 Å². The summed E-state index contributed by atoms with van der Waals surface area (Å²) in [5.74, 6) is -0.833. The first-order valence-electron chi connectivity index (χ1n) is 7.42. The van der Waals surface area contributed by atoms with Crippen molar-refractivity contribution < 1.29 is 17.6 Å². The summed E-state index contributed by atoms with van der Waals surface area (Å²) >= 11 is 5.90. The van der Waals surface area contributed by atoms with Gasteiger partial charge in [-0.25, -0.2) is 12.8 Å². The summed E-state index contributed by atoms with van der Waals surface area (Å²) in [5.41, 5.74) is 1.75. The van der Waals surface area contributed by atoms with Gasteiger partial charge in [-0.05, 0) is 48.4 Å². The molecule has 0 heterocycles. The molecule has 0 bridgehead atoms. The Labute approximate surface area is 151 Å². The Balaban J connectivity index is 2.11. The second kappa shape index (κ2) is 7.84. The maximum Gasteiger partial charge on any atom is 0.241 e. The number of sulfonamides is 1. The van der Waals surface area contributed by atoms with E-state index in [1.54, 1.807) is 37.3 Å². The summed E-state index contributed by atoms with van der Waals surface area (Å²) in [6.45, 7) is 1.54. The van der Waals surface area contributed by atoms with E-state index in [9.17, 15) is 17.6 Å². The third kappa shape index (κ3) is 5.44. The third-order valence-corrected chi connectivity index (χ3v) is 4.88. The Morgan fingerprint density at radius 3 is 2.40 bits per heavy atom. The molecule has 134 valence electrons. The molecule has 2 rings (SSSR count). The Kier molecular flexibility index (Phi) is 6.02. The number of halogens is 2. The quantitative estimate of drug-likeness (QED) is 0.832. The lowest BCUT2D eigenvalue weighted by Gasteiger charge is -2.23. The Morgan fingerprint density at radius 2 is 1.84 bits per heavy atom. The number of carbonyl (C=O) groups excluding carboxylic acids is 1. The molecular weight excluding hydrogens is 367 g/mol. The van der Waals surface area contributed by atoms with Crippen molar-refractivity contribution in [3.05, 3.63) is 64.4 Å². The molecule has 0 radical (unpaired) electrons. The number of benzene rings is 2. The molecule has 2 aromatic rings. The highest BCUT2D eigenvalue weighted by molar-refractivity contribution is 7.92. The van der Waals surface area contributed by atoms with Gasteiger partial charge in [0.25, 0.3) is 0 Å². The number of carbonyl (C=O) groups is 1. The van der Waals surface area contributed by atoms with Gasteiger partial charge in [0.2, 0.25) is 15.9 Å². The van der Waals surface area contributed by atoms with Gasteiger partial charge in [-0.1, -0.05) is 23.7 Å². The van der Waals surface area contributed by atoms with Gasteiger partial charge in [0.05, 0.1) is 11.9 Å². The minimum atomic E-state index is -3.66. The van der Waals surface area contributed by atoms with E-state index in [2.05, 4.69) is 5.32 Å². The van der Waals surface area contributed by atoms with Crippen LogP contribution in [-0.2, 0) is 21.4 Å². The molecule has 0 aliphatic carbocycles. The first kappa shape index (κ1) is 19.2. The fourth-order valence-corrected chi connectivity index (χ4v) is 3.41. The fraction of sp³-hybridized carbons (Fsp3) is 0.235. The predicted octanol–water partition coefficient (Wildman–Crippen LogP) is 2.87. The highest BCUT2D eigenvalue weighted by atomic mass is 35.5. The van der Waals surface area contributed by atoms with Crippen molar-refractivity contribution in [1.29, 1.82) is 0 Å². The zero-order valence-electron chi connectivity index (χ0n) is 13.8. The first-order chi connectivity index (χ1) is 11.7. The van der Waals surface area contributed by atoms with E-state index in [1.807, 2.05) is 0 Å². The van der Waals surface area contributed by atoms with Gasteiger partial charge in [-0.2, -0.15) is 0 Å². The Hall–Kier alpha value is -2.12. The molecule has 0 aliphatic heterocycles. The first-order valence-corrected chi connectivity index (χ1v) is 9.64. The van der Waals surface area contributed by atoms with Gasteiger partial charge in [-0.15, -0.1) is 0 Å². The third-order valence-electron chi connectivity index (χ3n) is 3.52. The van der Waals surface area contributed by atoms with Crippen LogP contribution in [0.15, 0.2) is 42.5 Å². The predicted molar refractivity (Wildman–Crippen MR) is 96.6 cm³/mol. The monoisotopic (exact) mass is 384 g/mol. The zero-order valence-corrected chi connectivity index (χ0v) is 15.4. The average Bonchev–Trinajstić information content (AvgIpc) is 2.52. The molecule has 1 N–H and O–H groups in total. The van der Waals surface area contributed by atoms with Gasteiger partial charge >= 0.3 is 0 Å². The second-order valence-electron chi connectivity index (χ2n) is 5.60. The summed E-state index contributed by atoms with van der Waals surface area (Å²) < 4.78 is 38.1. The maximum absolute atomic E-state index is 12.9. The van der Waals surface area contributed by atoms with Crippen LogP contribution in [0.2, 0.25) is 5.02 Å². The molecular formula is C17H18ClFN2O3S. The van der Waals surface area contributed by atoms with Crippen LogP contribution < -0.4 is 9.62 Å². The van der Waals surface area contributed by atoms with E-state index >= 15 is 0 Å². The Morgan fingerprint density at radius 1 is 1.20 bits per heavy atom. The van der Waals surface area contributed by atoms with E-state index in [1.165, 1.54) is 12.1 Å². The number of hydrogen-bond donors (Lipinski definition) is 1. The molecule has 5 nitrogen and oxygen atoms in total. The number of hydrogen-bond acceptors (Lipinski definition) is 3. The molecule has 1 amide bonds. The molecule has 0 saturated heterocycles. The standard InChI is InChI=1S/C17H18ClFN2O3S/c1-12-9-14(18)5-8-16(12)21(25(2,23)24)11-17(22)20-10-13-3-6-15(19)7-4-13/h3-9H,10-11H2,1-2H3,(H,20,22). The van der Waals surface area contributed by atoms with Crippen LogP contribution in [0.4, 0.5) is 10.1 Å². The van der Waals surface area contributed by atoms with Crippen molar-refractivity contribution in [1.82, 2.24) is 5.32 Å². The van der Waals surface area contributed by atoms with E-state index in [4.69, 9.17) is 11.6 Å². The summed E-state index contributed by atoms with van der Waals surface area (Å²) in [7, 11) is -3.66. The lowest BCUT2D eigenvalue weighted by molar-refractivity contribution is -0.119. The molecule has 8 heteroatoms. The highest BCUT2D eigenvalue weighted by Crippen LogP contribution is 2.25. The number of nitrogens with zero attached hydrogens (tertiary/aromatic N) is 1. The molecule has 0 spiro atoms. The molecule has 0 fully saturated rings. The van der Waals surface area contributed by atoms with Crippen LogP contribution in [0.5, 0.6) is 0 Å². The van der Waals surface area contributed by atoms with Gasteiger partial charge in [0, 0.05) is 11.6 Å². The Bertz CT molecular complexity index is 870. The summed E-state index contributed by atoms with van der Waals surface area (Å²) in [6, 6.07) is 10.4. The van der Waals surface area contributed by atoms with E-state index < -0.39 is 15.9 Å². The van der Waals surface area contributed by atoms with Crippen molar-refractivity contribution in [3.63, 3.8) is 0 Å². The highest BCUT2D eigenvalue weighted by Gasteiger charge is 2.22.